The number of aryl methyl sites for hydroxylation is 1. The van der Waals surface area contributed by atoms with Crippen LogP contribution in [0.3, 0.4) is 0 Å². The number of nitrogens with zero attached hydrogens (tertiary/aromatic N) is 2. The van der Waals surface area contributed by atoms with Gasteiger partial charge in [0.2, 0.25) is 11.8 Å². The summed E-state index contributed by atoms with van der Waals surface area (Å²) in [6.45, 7) is 2.96. The number of piperidine rings is 1. The molecular formula is C23H24ClN3O4. The van der Waals surface area contributed by atoms with E-state index >= 15 is 0 Å². The summed E-state index contributed by atoms with van der Waals surface area (Å²) < 4.78 is 0. The Morgan fingerprint density at radius 1 is 1.13 bits per heavy atom. The van der Waals surface area contributed by atoms with Crippen molar-refractivity contribution in [2.24, 2.45) is 5.92 Å². The number of amides is 3. The molecule has 0 saturated carbocycles. The summed E-state index contributed by atoms with van der Waals surface area (Å²) >= 11 is 6.17. The molecule has 2 N–H and O–H groups in total. The highest BCUT2D eigenvalue weighted by Gasteiger charge is 2.44. The molecule has 0 spiro atoms. The SMILES string of the molecule is Cc1ccc(N2C(=O)CC(N3CCC(C(=O)Nc4ccccc4O)CC3)C2=O)cc1Cl. The number of phenols is 1. The Bertz CT molecular complexity index is 1030. The maximum absolute atomic E-state index is 13.0. The number of nitrogens with one attached hydrogen (secondary N) is 1. The maximum atomic E-state index is 13.0. The first-order valence-corrected chi connectivity index (χ1v) is 10.7. The molecule has 2 fully saturated rings. The molecule has 162 valence electrons. The highest BCUT2D eigenvalue weighted by atomic mass is 35.5. The molecule has 0 radical (unpaired) electrons. The average Bonchev–Trinajstić information content (AvgIpc) is 3.06. The van der Waals surface area contributed by atoms with Gasteiger partial charge in [0.15, 0.2) is 0 Å². The molecule has 3 amide bonds. The fraction of sp³-hybridized carbons (Fsp3) is 0.348. The Morgan fingerprint density at radius 2 is 1.84 bits per heavy atom. The molecule has 0 bridgehead atoms. The minimum atomic E-state index is -0.519. The summed E-state index contributed by atoms with van der Waals surface area (Å²) in [6.07, 6.45) is 1.28. The van der Waals surface area contributed by atoms with Gasteiger partial charge in [0.1, 0.15) is 5.75 Å². The van der Waals surface area contributed by atoms with Gasteiger partial charge in [-0.3, -0.25) is 19.3 Å². The number of hydrogen-bond donors (Lipinski definition) is 2. The first kappa shape index (κ1) is 21.3. The number of phenolic OH excluding ortho intramolecular Hbond substituents is 1. The second kappa shape index (κ2) is 8.69. The number of halogens is 1. The van der Waals surface area contributed by atoms with Crippen LogP contribution in [0.15, 0.2) is 42.5 Å². The number of para-hydroxylation sites is 2. The molecule has 8 heteroatoms. The molecule has 31 heavy (non-hydrogen) atoms. The van der Waals surface area contributed by atoms with Gasteiger partial charge in [0.05, 0.1) is 23.8 Å². The molecular weight excluding hydrogens is 418 g/mol. The van der Waals surface area contributed by atoms with Crippen molar-refractivity contribution in [3.05, 3.63) is 53.1 Å². The second-order valence-electron chi connectivity index (χ2n) is 8.04. The van der Waals surface area contributed by atoms with E-state index in [9.17, 15) is 19.5 Å². The predicted molar refractivity (Wildman–Crippen MR) is 118 cm³/mol. The number of imide groups is 1. The van der Waals surface area contributed by atoms with Crippen LogP contribution < -0.4 is 10.2 Å². The van der Waals surface area contributed by atoms with Gasteiger partial charge in [0, 0.05) is 10.9 Å². The van der Waals surface area contributed by atoms with E-state index in [0.717, 1.165) is 5.56 Å². The topological polar surface area (TPSA) is 90.0 Å². The standard InChI is InChI=1S/C23H24ClN3O4/c1-14-6-7-16(12-17(14)24)27-21(29)13-19(23(27)31)26-10-8-15(9-11-26)22(30)25-18-4-2-3-5-20(18)28/h2-7,12,15,19,28H,8-11,13H2,1H3,(H,25,30). The fourth-order valence-corrected chi connectivity index (χ4v) is 4.36. The Hall–Kier alpha value is -2.90. The van der Waals surface area contributed by atoms with Crippen LogP contribution in [0.5, 0.6) is 5.75 Å². The van der Waals surface area contributed by atoms with E-state index in [2.05, 4.69) is 5.32 Å². The van der Waals surface area contributed by atoms with Crippen molar-refractivity contribution in [2.45, 2.75) is 32.2 Å². The third-order valence-corrected chi connectivity index (χ3v) is 6.45. The Labute approximate surface area is 185 Å². The van der Waals surface area contributed by atoms with Gasteiger partial charge in [-0.2, -0.15) is 0 Å². The van der Waals surface area contributed by atoms with Crippen LogP contribution in [0.2, 0.25) is 5.02 Å². The van der Waals surface area contributed by atoms with Crippen molar-refractivity contribution in [1.29, 1.82) is 0 Å². The van der Waals surface area contributed by atoms with Crippen LogP contribution in [0.1, 0.15) is 24.8 Å². The normalized spacial score (nSPS) is 20.3. The summed E-state index contributed by atoms with van der Waals surface area (Å²) in [5, 5.41) is 13.1. The highest BCUT2D eigenvalue weighted by molar-refractivity contribution is 6.32. The second-order valence-corrected chi connectivity index (χ2v) is 8.44. The van der Waals surface area contributed by atoms with Gasteiger partial charge in [-0.1, -0.05) is 29.8 Å². The molecule has 2 aromatic carbocycles. The van der Waals surface area contributed by atoms with Crippen molar-refractivity contribution in [2.75, 3.05) is 23.3 Å². The largest absolute Gasteiger partial charge is 0.506 e. The minimum absolute atomic E-state index is 0.0275. The van der Waals surface area contributed by atoms with Crippen LogP contribution in [-0.4, -0.2) is 46.9 Å². The van der Waals surface area contributed by atoms with Crippen LogP contribution in [-0.2, 0) is 14.4 Å². The van der Waals surface area contributed by atoms with Crippen molar-refractivity contribution in [1.82, 2.24) is 4.90 Å². The summed E-state index contributed by atoms with van der Waals surface area (Å²) in [7, 11) is 0. The van der Waals surface area contributed by atoms with E-state index in [1.807, 2.05) is 11.8 Å². The number of anilines is 2. The van der Waals surface area contributed by atoms with E-state index in [-0.39, 0.29) is 35.8 Å². The molecule has 0 aliphatic carbocycles. The Morgan fingerprint density at radius 3 is 2.52 bits per heavy atom. The van der Waals surface area contributed by atoms with E-state index in [1.165, 1.54) is 11.0 Å². The molecule has 7 nitrogen and oxygen atoms in total. The number of carbonyl (C=O) groups excluding carboxylic acids is 3. The zero-order chi connectivity index (χ0) is 22.1. The monoisotopic (exact) mass is 441 g/mol. The molecule has 2 heterocycles. The van der Waals surface area contributed by atoms with Crippen LogP contribution in [0.25, 0.3) is 0 Å². The number of hydrogen-bond acceptors (Lipinski definition) is 5. The lowest BCUT2D eigenvalue weighted by molar-refractivity contribution is -0.123. The third kappa shape index (κ3) is 4.29. The average molecular weight is 442 g/mol. The number of aromatic hydroxyl groups is 1. The van der Waals surface area contributed by atoms with Crippen molar-refractivity contribution >= 4 is 40.7 Å². The van der Waals surface area contributed by atoms with Gasteiger partial charge < -0.3 is 10.4 Å². The van der Waals surface area contributed by atoms with Gasteiger partial charge >= 0.3 is 0 Å². The summed E-state index contributed by atoms with van der Waals surface area (Å²) in [6, 6.07) is 11.3. The third-order valence-electron chi connectivity index (χ3n) is 6.04. The molecule has 0 aromatic heterocycles. The Kier molecular flexibility index (Phi) is 5.98. The van der Waals surface area contributed by atoms with Crippen LogP contribution in [0.4, 0.5) is 11.4 Å². The van der Waals surface area contributed by atoms with E-state index in [0.29, 0.717) is 42.3 Å². The molecule has 2 aliphatic rings. The van der Waals surface area contributed by atoms with Gasteiger partial charge in [-0.15, -0.1) is 0 Å². The van der Waals surface area contributed by atoms with Crippen LogP contribution in [0, 0.1) is 12.8 Å². The van der Waals surface area contributed by atoms with Crippen molar-refractivity contribution in [3.63, 3.8) is 0 Å². The lowest BCUT2D eigenvalue weighted by Crippen LogP contribution is -2.47. The molecule has 4 rings (SSSR count). The van der Waals surface area contributed by atoms with Crippen LogP contribution >= 0.6 is 11.6 Å². The van der Waals surface area contributed by atoms with Gasteiger partial charge in [-0.25, -0.2) is 4.90 Å². The first-order valence-electron chi connectivity index (χ1n) is 10.3. The summed E-state index contributed by atoms with van der Waals surface area (Å²) in [5.74, 6) is -0.822. The quantitative estimate of drug-likeness (QED) is 0.561. The van der Waals surface area contributed by atoms with Crippen molar-refractivity contribution in [3.8, 4) is 5.75 Å². The first-order chi connectivity index (χ1) is 14.8. The van der Waals surface area contributed by atoms with E-state index < -0.39 is 6.04 Å². The smallest absolute Gasteiger partial charge is 0.251 e. The predicted octanol–water partition coefficient (Wildman–Crippen LogP) is 3.34. The lowest BCUT2D eigenvalue weighted by atomic mass is 9.94. The minimum Gasteiger partial charge on any atom is -0.506 e. The zero-order valence-electron chi connectivity index (χ0n) is 17.2. The maximum Gasteiger partial charge on any atom is 0.251 e. The molecule has 1 unspecified atom stereocenters. The van der Waals surface area contributed by atoms with E-state index in [1.54, 1.807) is 36.4 Å². The summed E-state index contributed by atoms with van der Waals surface area (Å²) in [4.78, 5) is 41.4. The molecule has 2 aliphatic heterocycles. The number of carbonyl (C=O) groups is 3. The highest BCUT2D eigenvalue weighted by Crippen LogP contribution is 2.31. The fourth-order valence-electron chi connectivity index (χ4n) is 4.18. The molecule has 1 atom stereocenters. The molecule has 2 aromatic rings. The summed E-state index contributed by atoms with van der Waals surface area (Å²) in [5.41, 5.74) is 1.76. The molecule has 2 saturated heterocycles. The number of benzene rings is 2. The number of likely N-dealkylation sites (tertiary alicyclic amines) is 1. The van der Waals surface area contributed by atoms with Gasteiger partial charge in [0.25, 0.3) is 5.91 Å². The Balaban J connectivity index is 1.38. The zero-order valence-corrected chi connectivity index (χ0v) is 17.9. The lowest BCUT2D eigenvalue weighted by Gasteiger charge is -2.34. The van der Waals surface area contributed by atoms with Gasteiger partial charge in [-0.05, 0) is 62.7 Å². The number of rotatable bonds is 4. The van der Waals surface area contributed by atoms with E-state index in [4.69, 9.17) is 11.6 Å². The van der Waals surface area contributed by atoms with Crippen molar-refractivity contribution < 1.29 is 19.5 Å².